The van der Waals surface area contributed by atoms with Gasteiger partial charge in [-0.2, -0.15) is 0 Å². The molecule has 0 spiro atoms. The van der Waals surface area contributed by atoms with Gasteiger partial charge in [0.2, 0.25) is 0 Å². The number of nitrogens with zero attached hydrogens (tertiary/aromatic N) is 2. The Kier molecular flexibility index (Phi) is 4.18. The van der Waals surface area contributed by atoms with E-state index in [2.05, 4.69) is 10.2 Å². The van der Waals surface area contributed by atoms with Gasteiger partial charge in [-0.1, -0.05) is 0 Å². The van der Waals surface area contributed by atoms with E-state index in [1.54, 1.807) is 0 Å². The Balaban J connectivity index is 2.29. The Morgan fingerprint density at radius 2 is 2.46 bits per heavy atom. The lowest BCUT2D eigenvalue weighted by molar-refractivity contribution is -0.144. The summed E-state index contributed by atoms with van der Waals surface area (Å²) in [6.07, 6.45) is 0.466. The third-order valence-electron chi connectivity index (χ3n) is 2.28. The molecule has 4 nitrogen and oxygen atoms in total. The van der Waals surface area contributed by atoms with Crippen LogP contribution in [0.4, 0.5) is 0 Å². The molecule has 1 unspecified atom stereocenters. The van der Waals surface area contributed by atoms with Crippen molar-refractivity contribution in [3.8, 4) is 0 Å². The van der Waals surface area contributed by atoms with E-state index in [1.807, 2.05) is 14.0 Å². The van der Waals surface area contributed by atoms with E-state index in [9.17, 15) is 4.79 Å². The molecule has 1 aliphatic heterocycles. The fraction of sp³-hybridized carbons (Fsp3) is 0.889. The minimum Gasteiger partial charge on any atom is -0.466 e. The molecule has 1 aliphatic rings. The second-order valence-corrected chi connectivity index (χ2v) is 3.27. The molecule has 0 aromatic heterocycles. The Morgan fingerprint density at radius 1 is 1.69 bits per heavy atom. The van der Waals surface area contributed by atoms with Gasteiger partial charge in [0, 0.05) is 25.7 Å². The highest BCUT2D eigenvalue weighted by Gasteiger charge is 2.22. The Hall–Kier alpha value is -0.610. The molecule has 1 heterocycles. The van der Waals surface area contributed by atoms with Crippen molar-refractivity contribution in [2.45, 2.75) is 19.4 Å². The molecular weight excluding hydrogens is 168 g/mol. The van der Waals surface area contributed by atoms with Gasteiger partial charge in [-0.05, 0) is 14.0 Å². The number of hydrogen-bond donors (Lipinski definition) is 0. The molecule has 1 radical (unpaired) electrons. The number of ether oxygens (including phenoxy) is 1. The van der Waals surface area contributed by atoms with Crippen molar-refractivity contribution in [2.24, 2.45) is 0 Å². The van der Waals surface area contributed by atoms with Gasteiger partial charge >= 0.3 is 5.97 Å². The third-order valence-corrected chi connectivity index (χ3v) is 2.28. The van der Waals surface area contributed by atoms with E-state index in [4.69, 9.17) is 4.74 Å². The maximum atomic E-state index is 11.2. The average Bonchev–Trinajstić information content (AvgIpc) is 2.09. The SMILES string of the molecule is CCOC(=O)CC1C[N]CCN1C. The van der Waals surface area contributed by atoms with Crippen LogP contribution in [0.3, 0.4) is 0 Å². The summed E-state index contributed by atoms with van der Waals surface area (Å²) in [5.41, 5.74) is 0. The lowest BCUT2D eigenvalue weighted by Crippen LogP contribution is -2.47. The largest absolute Gasteiger partial charge is 0.466 e. The van der Waals surface area contributed by atoms with E-state index in [1.165, 1.54) is 0 Å². The lowest BCUT2D eigenvalue weighted by Gasteiger charge is -2.31. The second-order valence-electron chi connectivity index (χ2n) is 3.27. The first-order valence-electron chi connectivity index (χ1n) is 4.73. The van der Waals surface area contributed by atoms with E-state index in [0.717, 1.165) is 19.6 Å². The first-order chi connectivity index (χ1) is 6.24. The van der Waals surface area contributed by atoms with E-state index >= 15 is 0 Å². The van der Waals surface area contributed by atoms with Gasteiger partial charge < -0.3 is 9.64 Å². The summed E-state index contributed by atoms with van der Waals surface area (Å²) in [7, 11) is 2.03. The summed E-state index contributed by atoms with van der Waals surface area (Å²) >= 11 is 0. The molecule has 4 heteroatoms. The van der Waals surface area contributed by atoms with Gasteiger partial charge in [0.25, 0.3) is 0 Å². The molecule has 0 aromatic carbocycles. The second kappa shape index (κ2) is 5.19. The molecule has 0 saturated carbocycles. The van der Waals surface area contributed by atoms with Crippen LogP contribution >= 0.6 is 0 Å². The molecule has 1 saturated heterocycles. The summed E-state index contributed by atoms with van der Waals surface area (Å²) in [6.45, 7) is 4.88. The topological polar surface area (TPSA) is 43.6 Å². The zero-order valence-electron chi connectivity index (χ0n) is 8.32. The summed E-state index contributed by atoms with van der Waals surface area (Å²) < 4.78 is 4.89. The minimum atomic E-state index is -0.114. The van der Waals surface area contributed by atoms with Gasteiger partial charge in [0.1, 0.15) is 0 Å². The van der Waals surface area contributed by atoms with Crippen LogP contribution in [0.25, 0.3) is 0 Å². The number of carbonyl (C=O) groups is 1. The van der Waals surface area contributed by atoms with Gasteiger partial charge in [0.15, 0.2) is 0 Å². The highest BCUT2D eigenvalue weighted by Crippen LogP contribution is 2.06. The standard InChI is InChI=1S/C9H17N2O2/c1-3-13-9(12)6-8-7-10-4-5-11(8)2/h8H,3-7H2,1-2H3. The molecule has 0 aliphatic carbocycles. The summed E-state index contributed by atoms with van der Waals surface area (Å²) in [5, 5.41) is 4.27. The van der Waals surface area contributed by atoms with E-state index in [-0.39, 0.29) is 12.0 Å². The predicted molar refractivity (Wildman–Crippen MR) is 49.5 cm³/mol. The van der Waals surface area contributed by atoms with Crippen LogP contribution in [-0.2, 0) is 9.53 Å². The van der Waals surface area contributed by atoms with Crippen LogP contribution in [0, 0.1) is 0 Å². The number of rotatable bonds is 3. The average molecular weight is 185 g/mol. The van der Waals surface area contributed by atoms with E-state index < -0.39 is 0 Å². The third kappa shape index (κ3) is 3.32. The zero-order chi connectivity index (χ0) is 9.68. The Bertz CT molecular complexity index is 173. The number of piperazine rings is 1. The summed E-state index contributed by atoms with van der Waals surface area (Å²) in [4.78, 5) is 13.3. The molecule has 1 atom stereocenters. The van der Waals surface area contributed by atoms with Crippen LogP contribution in [0.1, 0.15) is 13.3 Å². The first kappa shape index (κ1) is 10.5. The van der Waals surface area contributed by atoms with Crippen molar-refractivity contribution >= 4 is 5.97 Å². The molecule has 1 rings (SSSR count). The van der Waals surface area contributed by atoms with Gasteiger partial charge in [0.05, 0.1) is 13.0 Å². The van der Waals surface area contributed by atoms with Crippen LogP contribution in [0.15, 0.2) is 0 Å². The fourth-order valence-electron chi connectivity index (χ4n) is 1.42. The molecule has 0 amide bonds. The van der Waals surface area contributed by atoms with Crippen molar-refractivity contribution in [3.63, 3.8) is 0 Å². The van der Waals surface area contributed by atoms with Gasteiger partial charge in [-0.25, -0.2) is 5.32 Å². The monoisotopic (exact) mass is 185 g/mol. The zero-order valence-corrected chi connectivity index (χ0v) is 8.32. The van der Waals surface area contributed by atoms with Crippen molar-refractivity contribution in [2.75, 3.05) is 33.3 Å². The first-order valence-corrected chi connectivity index (χ1v) is 4.73. The maximum Gasteiger partial charge on any atom is 0.307 e. The van der Waals surface area contributed by atoms with Crippen molar-refractivity contribution in [1.82, 2.24) is 10.2 Å². The molecule has 13 heavy (non-hydrogen) atoms. The molecule has 0 bridgehead atoms. The molecule has 0 aromatic rings. The molecule has 0 N–H and O–H groups in total. The predicted octanol–water partition coefficient (Wildman–Crippen LogP) is -0.142. The minimum absolute atomic E-state index is 0.114. The highest BCUT2D eigenvalue weighted by molar-refractivity contribution is 5.70. The number of esters is 1. The van der Waals surface area contributed by atoms with E-state index in [0.29, 0.717) is 13.0 Å². The van der Waals surface area contributed by atoms with Crippen molar-refractivity contribution < 1.29 is 9.53 Å². The quantitative estimate of drug-likeness (QED) is 0.575. The molecule has 1 fully saturated rings. The molecule has 75 valence electrons. The summed E-state index contributed by atoms with van der Waals surface area (Å²) in [6, 6.07) is 0.243. The Labute approximate surface area is 79.2 Å². The van der Waals surface area contributed by atoms with Gasteiger partial charge in [-0.3, -0.25) is 4.79 Å². The maximum absolute atomic E-state index is 11.2. The van der Waals surface area contributed by atoms with Crippen LogP contribution in [0.2, 0.25) is 0 Å². The van der Waals surface area contributed by atoms with Crippen LogP contribution < -0.4 is 5.32 Å². The normalized spacial score (nSPS) is 24.3. The van der Waals surface area contributed by atoms with Crippen molar-refractivity contribution in [3.05, 3.63) is 0 Å². The Morgan fingerprint density at radius 3 is 3.08 bits per heavy atom. The van der Waals surface area contributed by atoms with Crippen molar-refractivity contribution in [1.29, 1.82) is 0 Å². The highest BCUT2D eigenvalue weighted by atomic mass is 16.5. The molecular formula is C9H17N2O2. The smallest absolute Gasteiger partial charge is 0.307 e. The van der Waals surface area contributed by atoms with Crippen LogP contribution in [-0.4, -0.2) is 50.2 Å². The fourth-order valence-corrected chi connectivity index (χ4v) is 1.42. The number of likely N-dealkylation sites (N-methyl/N-ethyl adjacent to an activating group) is 1. The number of carbonyl (C=O) groups excluding carboxylic acids is 1. The van der Waals surface area contributed by atoms with Crippen LogP contribution in [0.5, 0.6) is 0 Å². The lowest BCUT2D eigenvalue weighted by atomic mass is 10.1. The number of hydrogen-bond acceptors (Lipinski definition) is 3. The summed E-state index contributed by atoms with van der Waals surface area (Å²) in [5.74, 6) is -0.114. The van der Waals surface area contributed by atoms with Gasteiger partial charge in [-0.15, -0.1) is 0 Å².